The number of hydrogen-bond acceptors (Lipinski definition) is 9. The normalized spacial score (nSPS) is 12.5. The van der Waals surface area contributed by atoms with Gasteiger partial charge in [-0.15, -0.1) is 22.7 Å². The number of carbonyl (C=O) groups is 2. The van der Waals surface area contributed by atoms with E-state index in [0.29, 0.717) is 32.5 Å². The standard InChI is InChI=1S/C30H35N5O4S2/c1-4-33(19-25(15-23-11-7-5-8-12-23)34(29(36)38-2)27-17-31-21-40-27)20-26(16-24-13-9-6-10-14-24)35(30(37)39-3)28-18-32-22-41-28/h5-14,17-18,21-22,25-26H,4,15-16,19-20H2,1-3H3/t25-,26-/m0/s1. The zero-order valence-corrected chi connectivity index (χ0v) is 25.1. The first kappa shape index (κ1) is 30.2. The average Bonchev–Trinajstić information content (AvgIpc) is 3.73. The number of anilines is 2. The number of methoxy groups -OCH3 is 2. The third kappa shape index (κ3) is 8.12. The molecule has 4 aromatic rings. The summed E-state index contributed by atoms with van der Waals surface area (Å²) in [5.41, 5.74) is 5.63. The van der Waals surface area contributed by atoms with Crippen LogP contribution in [0.4, 0.5) is 19.6 Å². The number of nitrogens with zero attached hydrogens (tertiary/aromatic N) is 5. The largest absolute Gasteiger partial charge is 0.452 e. The van der Waals surface area contributed by atoms with Crippen molar-refractivity contribution in [3.05, 3.63) is 95.2 Å². The smallest absolute Gasteiger partial charge is 0.415 e. The predicted molar refractivity (Wildman–Crippen MR) is 164 cm³/mol. The highest BCUT2D eigenvalue weighted by atomic mass is 32.1. The van der Waals surface area contributed by atoms with Gasteiger partial charge in [-0.25, -0.2) is 9.59 Å². The van der Waals surface area contributed by atoms with Gasteiger partial charge in [0, 0.05) is 13.1 Å². The fraction of sp³-hybridized carbons (Fsp3) is 0.333. The summed E-state index contributed by atoms with van der Waals surface area (Å²) in [4.78, 5) is 40.4. The molecular weight excluding hydrogens is 558 g/mol. The van der Waals surface area contributed by atoms with E-state index in [1.165, 1.54) is 36.9 Å². The van der Waals surface area contributed by atoms with Gasteiger partial charge in [0.2, 0.25) is 0 Å². The van der Waals surface area contributed by atoms with Crippen LogP contribution in [0.1, 0.15) is 18.1 Å². The lowest BCUT2D eigenvalue weighted by Gasteiger charge is -2.37. The van der Waals surface area contributed by atoms with Crippen LogP contribution in [0, 0.1) is 0 Å². The van der Waals surface area contributed by atoms with Crippen molar-refractivity contribution in [3.8, 4) is 0 Å². The summed E-state index contributed by atoms with van der Waals surface area (Å²) in [6.45, 7) is 3.87. The Hall–Kier alpha value is -3.80. The van der Waals surface area contributed by atoms with Crippen molar-refractivity contribution >= 4 is 44.9 Å². The maximum atomic E-state index is 13.2. The summed E-state index contributed by atoms with van der Waals surface area (Å²) in [5.74, 6) is 0. The Bertz CT molecular complexity index is 1220. The highest BCUT2D eigenvalue weighted by molar-refractivity contribution is 7.14. The first-order valence-electron chi connectivity index (χ1n) is 13.4. The summed E-state index contributed by atoms with van der Waals surface area (Å²) in [6, 6.07) is 19.7. The molecule has 2 atom stereocenters. The molecule has 2 aromatic carbocycles. The SMILES string of the molecule is CCN(C[C@H](Cc1ccccc1)N(C(=O)OC)c1cncs1)C[C@H](Cc1ccccc1)N(C(=O)OC)c1cncs1. The van der Waals surface area contributed by atoms with Crippen LogP contribution in [0.2, 0.25) is 0 Å². The van der Waals surface area contributed by atoms with Gasteiger partial charge in [-0.3, -0.25) is 24.7 Å². The van der Waals surface area contributed by atoms with Crippen molar-refractivity contribution in [1.82, 2.24) is 14.9 Å². The van der Waals surface area contributed by atoms with Crippen LogP contribution in [0.3, 0.4) is 0 Å². The van der Waals surface area contributed by atoms with E-state index in [4.69, 9.17) is 9.47 Å². The molecule has 0 radical (unpaired) electrons. The number of hydrogen-bond donors (Lipinski definition) is 0. The highest BCUT2D eigenvalue weighted by Crippen LogP contribution is 2.28. The molecule has 11 heteroatoms. The number of ether oxygens (including phenoxy) is 2. The fourth-order valence-corrected chi connectivity index (χ4v) is 6.24. The lowest BCUT2D eigenvalue weighted by atomic mass is 10.0. The van der Waals surface area contributed by atoms with Gasteiger partial charge < -0.3 is 9.47 Å². The Labute approximate surface area is 249 Å². The van der Waals surface area contributed by atoms with E-state index in [2.05, 4.69) is 46.1 Å². The Balaban J connectivity index is 1.67. The first-order chi connectivity index (χ1) is 20.0. The van der Waals surface area contributed by atoms with E-state index in [1.54, 1.807) is 33.2 Å². The zero-order chi connectivity index (χ0) is 29.0. The van der Waals surface area contributed by atoms with Gasteiger partial charge >= 0.3 is 12.2 Å². The predicted octanol–water partition coefficient (Wildman–Crippen LogP) is 5.99. The minimum Gasteiger partial charge on any atom is -0.452 e. The van der Waals surface area contributed by atoms with Crippen molar-refractivity contribution < 1.29 is 19.1 Å². The van der Waals surface area contributed by atoms with Gasteiger partial charge in [-0.05, 0) is 30.5 Å². The molecule has 0 aliphatic heterocycles. The van der Waals surface area contributed by atoms with Crippen molar-refractivity contribution in [2.24, 2.45) is 0 Å². The number of rotatable bonds is 13. The lowest BCUT2D eigenvalue weighted by molar-refractivity contribution is 0.167. The lowest BCUT2D eigenvalue weighted by Crippen LogP contribution is -2.53. The second kappa shape index (κ2) is 15.3. The number of carbonyl (C=O) groups excluding carboxylic acids is 2. The molecule has 0 saturated heterocycles. The first-order valence-corrected chi connectivity index (χ1v) is 15.1. The molecule has 41 heavy (non-hydrogen) atoms. The quantitative estimate of drug-likeness (QED) is 0.188. The Kier molecular flexibility index (Phi) is 11.2. The summed E-state index contributed by atoms with van der Waals surface area (Å²) in [6.07, 6.45) is 3.74. The summed E-state index contributed by atoms with van der Waals surface area (Å²) in [7, 11) is 2.79. The fourth-order valence-electron chi connectivity index (χ4n) is 4.87. The second-order valence-electron chi connectivity index (χ2n) is 9.40. The van der Waals surface area contributed by atoms with Gasteiger partial charge in [-0.2, -0.15) is 0 Å². The highest BCUT2D eigenvalue weighted by Gasteiger charge is 2.33. The molecule has 0 saturated carbocycles. The van der Waals surface area contributed by atoms with Crippen LogP contribution in [0.25, 0.3) is 0 Å². The van der Waals surface area contributed by atoms with Crippen molar-refractivity contribution in [2.45, 2.75) is 31.8 Å². The zero-order valence-electron chi connectivity index (χ0n) is 23.5. The summed E-state index contributed by atoms with van der Waals surface area (Å²) < 4.78 is 10.5. The second-order valence-corrected chi connectivity index (χ2v) is 11.1. The van der Waals surface area contributed by atoms with Gasteiger partial charge in [0.15, 0.2) is 0 Å². The number of thiazole rings is 2. The van der Waals surface area contributed by atoms with E-state index >= 15 is 0 Å². The van der Waals surface area contributed by atoms with E-state index < -0.39 is 12.2 Å². The van der Waals surface area contributed by atoms with Gasteiger partial charge in [0.05, 0.1) is 49.7 Å². The number of aromatic nitrogens is 2. The molecule has 0 fully saturated rings. The molecule has 2 heterocycles. The van der Waals surface area contributed by atoms with Crippen molar-refractivity contribution in [3.63, 3.8) is 0 Å². The molecule has 4 rings (SSSR count). The van der Waals surface area contributed by atoms with Crippen LogP contribution in [0.15, 0.2) is 84.1 Å². The summed E-state index contributed by atoms with van der Waals surface area (Å²) >= 11 is 2.79. The molecule has 216 valence electrons. The van der Waals surface area contributed by atoms with Crippen LogP contribution >= 0.6 is 22.7 Å². The molecular formula is C30H35N5O4S2. The molecule has 0 bridgehead atoms. The molecule has 2 amide bonds. The Morgan fingerprint density at radius 2 is 1.15 bits per heavy atom. The van der Waals surface area contributed by atoms with Crippen LogP contribution in [0.5, 0.6) is 0 Å². The number of benzene rings is 2. The maximum absolute atomic E-state index is 13.2. The monoisotopic (exact) mass is 593 g/mol. The maximum Gasteiger partial charge on any atom is 0.415 e. The van der Waals surface area contributed by atoms with E-state index in [0.717, 1.165) is 21.1 Å². The van der Waals surface area contributed by atoms with E-state index in [1.807, 2.05) is 36.4 Å². The molecule has 0 unspecified atom stereocenters. The summed E-state index contributed by atoms with van der Waals surface area (Å²) in [5, 5.41) is 1.44. The van der Waals surface area contributed by atoms with E-state index in [-0.39, 0.29) is 12.1 Å². The van der Waals surface area contributed by atoms with Crippen molar-refractivity contribution in [1.29, 1.82) is 0 Å². The Morgan fingerprint density at radius 1 is 0.732 bits per heavy atom. The third-order valence-electron chi connectivity index (χ3n) is 6.80. The Morgan fingerprint density at radius 3 is 1.46 bits per heavy atom. The minimum absolute atomic E-state index is 0.252. The van der Waals surface area contributed by atoms with Gasteiger partial charge in [-0.1, -0.05) is 67.6 Å². The minimum atomic E-state index is -0.437. The van der Waals surface area contributed by atoms with Crippen molar-refractivity contribution in [2.75, 3.05) is 43.7 Å². The van der Waals surface area contributed by atoms with Crippen LogP contribution < -0.4 is 9.80 Å². The molecule has 9 nitrogen and oxygen atoms in total. The van der Waals surface area contributed by atoms with Crippen LogP contribution in [-0.2, 0) is 22.3 Å². The topological polar surface area (TPSA) is 88.1 Å². The van der Waals surface area contributed by atoms with Crippen LogP contribution in [-0.4, -0.2) is 73.0 Å². The molecule has 2 aromatic heterocycles. The van der Waals surface area contributed by atoms with E-state index in [9.17, 15) is 9.59 Å². The number of likely N-dealkylation sites (N-methyl/N-ethyl adjacent to an activating group) is 1. The van der Waals surface area contributed by atoms with Gasteiger partial charge in [0.1, 0.15) is 10.0 Å². The number of amides is 2. The average molecular weight is 594 g/mol. The van der Waals surface area contributed by atoms with Gasteiger partial charge in [0.25, 0.3) is 0 Å². The molecule has 0 spiro atoms. The molecule has 0 aliphatic rings. The third-order valence-corrected chi connectivity index (χ3v) is 8.34. The molecule has 0 N–H and O–H groups in total. The molecule has 0 aliphatic carbocycles.